The summed E-state index contributed by atoms with van der Waals surface area (Å²) in [5.41, 5.74) is 24.9. The van der Waals surface area contributed by atoms with E-state index in [-0.39, 0.29) is 5.92 Å². The third-order valence-electron chi connectivity index (χ3n) is 7.20. The van der Waals surface area contributed by atoms with Crippen LogP contribution < -0.4 is 22.5 Å². The molecule has 0 aromatic heterocycles. The molecule has 0 unspecified atom stereocenters. The lowest BCUT2D eigenvalue weighted by atomic mass is 9.82. The Hall–Kier alpha value is -2.51. The maximum atomic E-state index is 6.46. The molecule has 0 bridgehead atoms. The Bertz CT molecular complexity index is 1080. The minimum atomic E-state index is 0.239. The third-order valence-corrected chi connectivity index (χ3v) is 7.42. The predicted molar refractivity (Wildman–Crippen MR) is 161 cm³/mol. The molecule has 1 heterocycles. The van der Waals surface area contributed by atoms with E-state index in [1.165, 1.54) is 47.9 Å². The second-order valence-electron chi connectivity index (χ2n) is 10.3. The Kier molecular flexibility index (Phi) is 12.5. The van der Waals surface area contributed by atoms with E-state index in [1.807, 2.05) is 6.08 Å². The number of halogens is 1. The molecule has 0 amide bonds. The molecule has 2 aromatic rings. The van der Waals surface area contributed by atoms with E-state index in [0.717, 1.165) is 55.2 Å². The van der Waals surface area contributed by atoms with Gasteiger partial charge in [-0.2, -0.15) is 0 Å². The number of benzene rings is 2. The van der Waals surface area contributed by atoms with E-state index in [0.29, 0.717) is 19.0 Å². The van der Waals surface area contributed by atoms with E-state index in [4.69, 9.17) is 33.5 Å². The molecule has 0 aliphatic carbocycles. The van der Waals surface area contributed by atoms with E-state index >= 15 is 0 Å². The van der Waals surface area contributed by atoms with Gasteiger partial charge in [0, 0.05) is 49.0 Å². The van der Waals surface area contributed by atoms with Crippen molar-refractivity contribution in [1.82, 2.24) is 10.2 Å². The van der Waals surface area contributed by atoms with Gasteiger partial charge in [0.1, 0.15) is 0 Å². The van der Waals surface area contributed by atoms with Crippen LogP contribution in [0.2, 0.25) is 5.02 Å². The highest BCUT2D eigenvalue weighted by Gasteiger charge is 2.26. The molecule has 1 aliphatic rings. The van der Waals surface area contributed by atoms with E-state index in [9.17, 15) is 0 Å². The quantitative estimate of drug-likeness (QED) is 0.182. The number of allylic oxidation sites excluding steroid dienone is 2. The summed E-state index contributed by atoms with van der Waals surface area (Å²) in [5, 5.41) is 4.03. The fourth-order valence-corrected chi connectivity index (χ4v) is 5.44. The van der Waals surface area contributed by atoms with E-state index in [1.54, 1.807) is 6.20 Å². The van der Waals surface area contributed by atoms with E-state index in [2.05, 4.69) is 60.6 Å². The van der Waals surface area contributed by atoms with Crippen molar-refractivity contribution in [1.29, 1.82) is 0 Å². The number of nitrogens with two attached hydrogens (primary N) is 3. The van der Waals surface area contributed by atoms with Crippen molar-refractivity contribution < 1.29 is 4.74 Å². The van der Waals surface area contributed by atoms with Gasteiger partial charge in [-0.25, -0.2) is 0 Å². The molecule has 7 heteroatoms. The number of rotatable bonds is 15. The van der Waals surface area contributed by atoms with Crippen LogP contribution in [0.3, 0.4) is 0 Å². The number of unbranched alkanes of at least 4 members (excludes halogenated alkanes) is 5. The molecule has 3 rings (SSSR count). The molecule has 7 N–H and O–H groups in total. The highest BCUT2D eigenvalue weighted by molar-refractivity contribution is 6.30. The predicted octanol–water partition coefficient (Wildman–Crippen LogP) is 5.23. The Balaban J connectivity index is 1.55. The van der Waals surface area contributed by atoms with Crippen LogP contribution in [0.25, 0.3) is 5.57 Å². The molecule has 0 saturated heterocycles. The summed E-state index contributed by atoms with van der Waals surface area (Å²) in [6.07, 6.45) is 10.7. The van der Waals surface area contributed by atoms with Gasteiger partial charge in [-0.3, -0.25) is 0 Å². The summed E-state index contributed by atoms with van der Waals surface area (Å²) in [5.74, 6) is 0.809. The molecule has 0 saturated carbocycles. The van der Waals surface area contributed by atoms with Crippen molar-refractivity contribution in [2.45, 2.75) is 57.9 Å². The third kappa shape index (κ3) is 9.05. The van der Waals surface area contributed by atoms with Gasteiger partial charge in [0.2, 0.25) is 0 Å². The number of nitrogens with one attached hydrogen (secondary N) is 1. The molecule has 2 aromatic carbocycles. The topological polar surface area (TPSA) is 103 Å². The van der Waals surface area contributed by atoms with E-state index < -0.39 is 0 Å². The first-order valence-corrected chi connectivity index (χ1v) is 14.3. The zero-order valence-corrected chi connectivity index (χ0v) is 23.9. The minimum absolute atomic E-state index is 0.239. The number of hydrogen-bond donors (Lipinski definition) is 4. The van der Waals surface area contributed by atoms with Gasteiger partial charge in [0.25, 0.3) is 0 Å². The van der Waals surface area contributed by atoms with Crippen LogP contribution in [0.1, 0.15) is 72.3 Å². The molecule has 1 atom stereocenters. The summed E-state index contributed by atoms with van der Waals surface area (Å²) < 4.78 is 5.75. The number of likely N-dealkylation sites (N-methyl/N-ethyl adjacent to an activating group) is 1. The summed E-state index contributed by atoms with van der Waals surface area (Å²) in [7, 11) is 2.17. The number of ether oxygens (including phenoxy) is 1. The second-order valence-corrected chi connectivity index (χ2v) is 10.8. The molecule has 1 aliphatic heterocycles. The Morgan fingerprint density at radius 2 is 1.87 bits per heavy atom. The normalized spacial score (nSPS) is 16.5. The highest BCUT2D eigenvalue weighted by atomic mass is 35.5. The number of nitrogens with zero attached hydrogens (tertiary/aromatic N) is 1. The van der Waals surface area contributed by atoms with Crippen LogP contribution in [0.5, 0.6) is 0 Å². The molecule has 6 nitrogen and oxygen atoms in total. The maximum absolute atomic E-state index is 6.46. The van der Waals surface area contributed by atoms with Crippen molar-refractivity contribution in [2.24, 2.45) is 17.2 Å². The van der Waals surface area contributed by atoms with Crippen LogP contribution in [0, 0.1) is 6.92 Å². The molecule has 0 fully saturated rings. The fraction of sp³-hybridized carbons (Fsp3) is 0.484. The van der Waals surface area contributed by atoms with Gasteiger partial charge < -0.3 is 32.2 Å². The summed E-state index contributed by atoms with van der Waals surface area (Å²) in [4.78, 5) is 2.37. The van der Waals surface area contributed by atoms with Crippen LogP contribution in [0.15, 0.2) is 54.5 Å². The van der Waals surface area contributed by atoms with Gasteiger partial charge >= 0.3 is 0 Å². The first kappa shape index (κ1) is 30.0. The van der Waals surface area contributed by atoms with Gasteiger partial charge in [-0.05, 0) is 79.4 Å². The van der Waals surface area contributed by atoms with Crippen LogP contribution in [-0.2, 0) is 11.3 Å². The van der Waals surface area contributed by atoms with Gasteiger partial charge in [0.15, 0.2) is 0 Å². The molecular formula is C31H46ClN5O. The summed E-state index contributed by atoms with van der Waals surface area (Å²) in [6, 6.07) is 12.7. The Morgan fingerprint density at radius 3 is 2.63 bits per heavy atom. The average Bonchev–Trinajstić information content (AvgIpc) is 2.90. The van der Waals surface area contributed by atoms with Gasteiger partial charge in [-0.1, -0.05) is 61.5 Å². The van der Waals surface area contributed by atoms with Gasteiger partial charge in [-0.15, -0.1) is 0 Å². The lowest BCUT2D eigenvalue weighted by Gasteiger charge is -2.34. The lowest BCUT2D eigenvalue weighted by Crippen LogP contribution is -2.31. The smallest absolute Gasteiger partial charge is 0.0967 e. The van der Waals surface area contributed by atoms with Crippen LogP contribution in [0.4, 0.5) is 0 Å². The molecule has 0 spiro atoms. The zero-order valence-electron chi connectivity index (χ0n) is 23.1. The van der Waals surface area contributed by atoms with Crippen LogP contribution >= 0.6 is 11.6 Å². The van der Waals surface area contributed by atoms with Crippen molar-refractivity contribution in [3.63, 3.8) is 0 Å². The van der Waals surface area contributed by atoms with Crippen molar-refractivity contribution in [2.75, 3.05) is 39.9 Å². The fourth-order valence-electron chi connectivity index (χ4n) is 5.16. The number of aryl methyl sites for hydroxylation is 1. The maximum Gasteiger partial charge on any atom is 0.0967 e. The molecular weight excluding hydrogens is 494 g/mol. The van der Waals surface area contributed by atoms with Crippen molar-refractivity contribution >= 4 is 17.2 Å². The second kappa shape index (κ2) is 15.8. The Morgan fingerprint density at radius 1 is 1.11 bits per heavy atom. The van der Waals surface area contributed by atoms with Crippen molar-refractivity contribution in [3.05, 3.63) is 87.3 Å². The van der Waals surface area contributed by atoms with Gasteiger partial charge in [0.05, 0.1) is 12.4 Å². The first-order chi connectivity index (χ1) is 18.4. The standard InChI is InChI=1S/C31H46ClN5O/c1-23-16-27(32)19-28-29(23)21-37(2)22-30(28)25-11-9-10-24(17-25)26(20-34)18-31(35)36-13-15-38-14-8-6-4-3-5-7-12-33/h9-11,16-20,30,36H,3-8,12-15,21-22,33-35H2,1-2H3/b26-20+,31-18+/t30-/m0/s1. The summed E-state index contributed by atoms with van der Waals surface area (Å²) in [6.45, 7) is 6.87. The zero-order chi connectivity index (χ0) is 27.3. The lowest BCUT2D eigenvalue weighted by molar-refractivity contribution is 0.133. The van der Waals surface area contributed by atoms with Crippen molar-refractivity contribution in [3.8, 4) is 0 Å². The Labute approximate surface area is 234 Å². The van der Waals surface area contributed by atoms with Crippen LogP contribution in [-0.4, -0.2) is 44.8 Å². The first-order valence-electron chi connectivity index (χ1n) is 13.9. The molecule has 38 heavy (non-hydrogen) atoms. The summed E-state index contributed by atoms with van der Waals surface area (Å²) >= 11 is 6.46. The average molecular weight is 540 g/mol. The number of hydrogen-bond acceptors (Lipinski definition) is 6. The highest BCUT2D eigenvalue weighted by Crippen LogP contribution is 2.37. The molecule has 0 radical (unpaired) electrons. The molecule has 208 valence electrons. The SMILES string of the molecule is Cc1cc(Cl)cc2c1CN(C)C[C@H]2c1cccc(C(/C=C(\N)NCCOCCCCCCCCN)=C/N)c1. The largest absolute Gasteiger partial charge is 0.404 e. The minimum Gasteiger partial charge on any atom is -0.404 e. The number of fused-ring (bicyclic) bond motifs is 1. The monoisotopic (exact) mass is 539 g/mol.